The lowest BCUT2D eigenvalue weighted by Crippen LogP contribution is -2.31. The van der Waals surface area contributed by atoms with Crippen LogP contribution in [-0.2, 0) is 9.53 Å². The van der Waals surface area contributed by atoms with E-state index in [0.29, 0.717) is 24.4 Å². The van der Waals surface area contributed by atoms with Crippen molar-refractivity contribution in [3.05, 3.63) is 22.8 Å². The van der Waals surface area contributed by atoms with E-state index in [4.69, 9.17) is 9.47 Å². The zero-order valence-electron chi connectivity index (χ0n) is 12.2. The first-order chi connectivity index (χ1) is 9.56. The van der Waals surface area contributed by atoms with E-state index in [1.807, 2.05) is 25.1 Å². The maximum Gasteiger partial charge on any atom is 0.335 e. The molecule has 0 spiro atoms. The van der Waals surface area contributed by atoms with Crippen molar-refractivity contribution in [3.8, 4) is 5.88 Å². The van der Waals surface area contributed by atoms with Crippen molar-refractivity contribution >= 4 is 11.5 Å². The summed E-state index contributed by atoms with van der Waals surface area (Å²) in [5.74, 6) is 0.194. The fraction of sp³-hybridized carbons (Fsp3) is 0.500. The Morgan fingerprint density at radius 3 is 2.80 bits per heavy atom. The monoisotopic (exact) mass is 277 g/mol. The molecule has 1 aromatic heterocycles. The van der Waals surface area contributed by atoms with E-state index in [0.717, 1.165) is 10.8 Å². The van der Waals surface area contributed by atoms with Gasteiger partial charge in [0.25, 0.3) is 0 Å². The first kappa shape index (κ1) is 14.5. The third kappa shape index (κ3) is 2.80. The van der Waals surface area contributed by atoms with Gasteiger partial charge in [-0.1, -0.05) is 0 Å². The number of hydrogen-bond acceptors (Lipinski definition) is 6. The molecule has 0 aromatic carbocycles. The molecule has 0 fully saturated rings. The zero-order chi connectivity index (χ0) is 14.7. The van der Waals surface area contributed by atoms with Crippen LogP contribution in [0.1, 0.15) is 6.92 Å². The molecular formula is C14H19N3O3. The van der Waals surface area contributed by atoms with Gasteiger partial charge in [-0.3, -0.25) is 4.99 Å². The molecule has 1 aromatic rings. The van der Waals surface area contributed by atoms with Crippen molar-refractivity contribution in [2.75, 3.05) is 34.4 Å². The van der Waals surface area contributed by atoms with E-state index in [1.54, 1.807) is 20.2 Å². The van der Waals surface area contributed by atoms with E-state index in [1.165, 1.54) is 0 Å². The molecule has 20 heavy (non-hydrogen) atoms. The summed E-state index contributed by atoms with van der Waals surface area (Å²) in [4.78, 5) is 22.6. The van der Waals surface area contributed by atoms with Crippen molar-refractivity contribution < 1.29 is 14.3 Å². The number of nitrogens with zero attached hydrogens (tertiary/aromatic N) is 3. The molecule has 0 saturated carbocycles. The van der Waals surface area contributed by atoms with Crippen LogP contribution in [0.5, 0.6) is 5.88 Å². The summed E-state index contributed by atoms with van der Waals surface area (Å²) in [6.07, 6.45) is 1.63. The molecule has 0 bridgehead atoms. The number of esters is 1. The molecule has 6 nitrogen and oxygen atoms in total. The van der Waals surface area contributed by atoms with E-state index in [-0.39, 0.29) is 5.97 Å². The summed E-state index contributed by atoms with van der Waals surface area (Å²) in [6, 6.07) is 1.23. The third-order valence-electron chi connectivity index (χ3n) is 3.01. The highest BCUT2D eigenvalue weighted by atomic mass is 16.5. The Morgan fingerprint density at radius 1 is 1.45 bits per heavy atom. The Balaban J connectivity index is 2.52. The predicted octanol–water partition coefficient (Wildman–Crippen LogP) is -0.633. The number of methoxy groups -OCH3 is 1. The van der Waals surface area contributed by atoms with E-state index < -0.39 is 6.04 Å². The summed E-state index contributed by atoms with van der Waals surface area (Å²) < 4.78 is 10.2. The molecule has 1 aliphatic rings. The van der Waals surface area contributed by atoms with Gasteiger partial charge in [0.2, 0.25) is 5.88 Å². The topological polar surface area (TPSA) is 64.0 Å². The van der Waals surface area contributed by atoms with Crippen LogP contribution in [0.4, 0.5) is 0 Å². The molecule has 2 rings (SSSR count). The fourth-order valence-electron chi connectivity index (χ4n) is 2.19. The maximum absolute atomic E-state index is 12.1. The summed E-state index contributed by atoms with van der Waals surface area (Å²) in [7, 11) is 5.46. The number of carbonyl (C=O) groups is 1. The van der Waals surface area contributed by atoms with Crippen LogP contribution in [-0.4, -0.2) is 56.3 Å². The van der Waals surface area contributed by atoms with Gasteiger partial charge in [0, 0.05) is 17.8 Å². The smallest absolute Gasteiger partial charge is 0.335 e. The van der Waals surface area contributed by atoms with Gasteiger partial charge in [0.1, 0.15) is 0 Å². The lowest BCUT2D eigenvalue weighted by molar-refractivity contribution is -0.143. The molecule has 1 atom stereocenters. The largest absolute Gasteiger partial charge is 0.481 e. The van der Waals surface area contributed by atoms with Crippen LogP contribution < -0.4 is 15.3 Å². The molecular weight excluding hydrogens is 258 g/mol. The number of carbonyl (C=O) groups excluding carboxylic acids is 1. The lowest BCUT2D eigenvalue weighted by Gasteiger charge is -2.16. The number of fused-ring (bicyclic) bond motifs is 1. The molecule has 6 heteroatoms. The highest BCUT2D eigenvalue weighted by Gasteiger charge is 2.28. The Morgan fingerprint density at radius 2 is 2.20 bits per heavy atom. The molecule has 0 radical (unpaired) electrons. The van der Waals surface area contributed by atoms with Gasteiger partial charge in [-0.2, -0.15) is 0 Å². The predicted molar refractivity (Wildman–Crippen MR) is 74.0 cm³/mol. The number of rotatable bonds is 5. The zero-order valence-corrected chi connectivity index (χ0v) is 12.2. The van der Waals surface area contributed by atoms with Gasteiger partial charge >= 0.3 is 5.97 Å². The van der Waals surface area contributed by atoms with Crippen molar-refractivity contribution in [3.63, 3.8) is 0 Å². The second-order valence-electron chi connectivity index (χ2n) is 4.79. The molecule has 108 valence electrons. The van der Waals surface area contributed by atoms with E-state index in [9.17, 15) is 4.79 Å². The second kappa shape index (κ2) is 6.00. The Labute approximate surface area is 117 Å². The second-order valence-corrected chi connectivity index (χ2v) is 4.79. The van der Waals surface area contributed by atoms with Crippen LogP contribution in [0.2, 0.25) is 0 Å². The van der Waals surface area contributed by atoms with Crippen molar-refractivity contribution in [2.45, 2.75) is 13.0 Å². The Bertz CT molecular complexity index is 625. The van der Waals surface area contributed by atoms with Gasteiger partial charge in [-0.15, -0.1) is 0 Å². The molecule has 2 heterocycles. The first-order valence-electron chi connectivity index (χ1n) is 6.49. The average Bonchev–Trinajstić information content (AvgIpc) is 2.76. The van der Waals surface area contributed by atoms with Gasteiger partial charge < -0.3 is 14.4 Å². The maximum atomic E-state index is 12.1. The molecule has 0 aliphatic carbocycles. The SMILES string of the molecule is CCOC(=O)[C@H]1N=c2cnc(OC)cc2=C1CN(C)C. The molecule has 0 amide bonds. The van der Waals surface area contributed by atoms with Crippen molar-refractivity contribution in [1.82, 2.24) is 9.88 Å². The minimum atomic E-state index is -0.582. The standard InChI is InChI=1S/C14H19N3O3/c1-5-20-14(18)13-10(8-17(2)3)9-6-12(19-4)15-7-11(9)16-13/h6-7,13H,5,8H2,1-4H3/t13-/m0/s1. The highest BCUT2D eigenvalue weighted by Crippen LogP contribution is 2.13. The molecule has 1 aliphatic heterocycles. The summed E-state index contributed by atoms with van der Waals surface area (Å²) in [5, 5.41) is 1.62. The van der Waals surface area contributed by atoms with Crippen molar-refractivity contribution in [2.24, 2.45) is 4.99 Å². The van der Waals surface area contributed by atoms with Crippen LogP contribution in [0, 0.1) is 0 Å². The summed E-state index contributed by atoms with van der Waals surface area (Å²) in [5.41, 5.74) is 0.921. The average molecular weight is 277 g/mol. The van der Waals surface area contributed by atoms with Gasteiger partial charge in [0.05, 0.1) is 25.3 Å². The van der Waals surface area contributed by atoms with Crippen LogP contribution in [0.25, 0.3) is 5.57 Å². The summed E-state index contributed by atoms with van der Waals surface area (Å²) >= 11 is 0. The lowest BCUT2D eigenvalue weighted by atomic mass is 10.1. The van der Waals surface area contributed by atoms with E-state index >= 15 is 0 Å². The highest BCUT2D eigenvalue weighted by molar-refractivity contribution is 5.88. The fourth-order valence-corrected chi connectivity index (χ4v) is 2.19. The third-order valence-corrected chi connectivity index (χ3v) is 3.01. The van der Waals surface area contributed by atoms with Crippen LogP contribution in [0.3, 0.4) is 0 Å². The Kier molecular flexibility index (Phi) is 4.34. The van der Waals surface area contributed by atoms with Gasteiger partial charge in [0.15, 0.2) is 6.04 Å². The molecule has 0 unspecified atom stereocenters. The van der Waals surface area contributed by atoms with Gasteiger partial charge in [-0.25, -0.2) is 9.78 Å². The number of hydrogen-bond donors (Lipinski definition) is 0. The minimum absolute atomic E-state index is 0.320. The van der Waals surface area contributed by atoms with E-state index in [2.05, 4.69) is 9.98 Å². The number of aromatic nitrogens is 1. The quantitative estimate of drug-likeness (QED) is 0.670. The normalized spacial score (nSPS) is 16.9. The molecule has 0 saturated heterocycles. The molecule has 0 N–H and O–H groups in total. The van der Waals surface area contributed by atoms with Gasteiger partial charge in [-0.05, 0) is 26.6 Å². The summed E-state index contributed by atoms with van der Waals surface area (Å²) in [6.45, 7) is 2.77. The number of ether oxygens (including phenoxy) is 2. The van der Waals surface area contributed by atoms with Crippen LogP contribution >= 0.6 is 0 Å². The number of pyridine rings is 1. The Hall–Kier alpha value is -1.95. The van der Waals surface area contributed by atoms with Crippen LogP contribution in [0.15, 0.2) is 17.3 Å². The first-order valence-corrected chi connectivity index (χ1v) is 6.49. The van der Waals surface area contributed by atoms with Crippen molar-refractivity contribution in [1.29, 1.82) is 0 Å². The minimum Gasteiger partial charge on any atom is -0.481 e.